The third-order valence-corrected chi connectivity index (χ3v) is 7.88. The second-order valence-corrected chi connectivity index (χ2v) is 10.3. The molecule has 35 heavy (non-hydrogen) atoms. The van der Waals surface area contributed by atoms with Crippen LogP contribution in [0.3, 0.4) is 0 Å². The maximum absolute atomic E-state index is 12.7. The minimum absolute atomic E-state index is 0.376. The number of rotatable bonds is 3. The van der Waals surface area contributed by atoms with E-state index in [2.05, 4.69) is 6.58 Å². The first-order valence-electron chi connectivity index (χ1n) is 12.0. The number of hydrogen-bond acceptors (Lipinski definition) is 9. The van der Waals surface area contributed by atoms with Gasteiger partial charge >= 0.3 is 23.9 Å². The van der Waals surface area contributed by atoms with Crippen molar-refractivity contribution in [3.8, 4) is 0 Å². The Kier molecular flexibility index (Phi) is 7.50. The zero-order valence-electron chi connectivity index (χ0n) is 21.3. The molecular formula is C26H36O9. The Hall–Kier alpha value is -2.68. The summed E-state index contributed by atoms with van der Waals surface area (Å²) in [5.41, 5.74) is -1.63. The zero-order chi connectivity index (χ0) is 26.3. The quantitative estimate of drug-likeness (QED) is 0.359. The van der Waals surface area contributed by atoms with Crippen LogP contribution in [0.15, 0.2) is 23.8 Å². The Labute approximate surface area is 205 Å². The first-order valence-corrected chi connectivity index (χ1v) is 12.0. The van der Waals surface area contributed by atoms with Crippen molar-refractivity contribution in [3.63, 3.8) is 0 Å². The van der Waals surface area contributed by atoms with Gasteiger partial charge in [-0.25, -0.2) is 0 Å². The van der Waals surface area contributed by atoms with Gasteiger partial charge in [0.15, 0.2) is 11.7 Å². The molecular weight excluding hydrogens is 456 g/mol. The van der Waals surface area contributed by atoms with Gasteiger partial charge in [-0.1, -0.05) is 24.6 Å². The van der Waals surface area contributed by atoms with Crippen LogP contribution in [0, 0.1) is 17.3 Å². The predicted octanol–water partition coefficient (Wildman–Crippen LogP) is 2.79. The van der Waals surface area contributed by atoms with E-state index < -0.39 is 71.1 Å². The van der Waals surface area contributed by atoms with Crippen molar-refractivity contribution in [1.82, 2.24) is 0 Å². The van der Waals surface area contributed by atoms with Crippen LogP contribution >= 0.6 is 0 Å². The fourth-order valence-corrected chi connectivity index (χ4v) is 6.10. The normalized spacial score (nSPS) is 40.8. The number of fused-ring (bicyclic) bond motifs is 2. The molecule has 1 saturated heterocycles. The van der Waals surface area contributed by atoms with Gasteiger partial charge in [-0.15, -0.1) is 0 Å². The summed E-state index contributed by atoms with van der Waals surface area (Å²) in [6.45, 7) is 13.2. The van der Waals surface area contributed by atoms with Crippen LogP contribution in [0.2, 0.25) is 0 Å². The molecule has 0 aromatic heterocycles. The Balaban J connectivity index is 2.33. The summed E-state index contributed by atoms with van der Waals surface area (Å²) in [6.07, 6.45) is -0.497. The van der Waals surface area contributed by atoms with E-state index in [1.54, 1.807) is 13.0 Å². The highest BCUT2D eigenvalue weighted by molar-refractivity contribution is 5.77. The fourth-order valence-electron chi connectivity index (χ4n) is 6.10. The monoisotopic (exact) mass is 492 g/mol. The average Bonchev–Trinajstić information content (AvgIpc) is 2.95. The maximum atomic E-state index is 12.7. The van der Waals surface area contributed by atoms with Crippen molar-refractivity contribution in [1.29, 1.82) is 0 Å². The van der Waals surface area contributed by atoms with Crippen LogP contribution < -0.4 is 0 Å². The topological polar surface area (TPSA) is 125 Å². The highest BCUT2D eigenvalue weighted by Gasteiger charge is 2.67. The summed E-state index contributed by atoms with van der Waals surface area (Å²) < 4.78 is 23.0. The molecule has 8 atom stereocenters. The molecule has 0 spiro atoms. The number of esters is 4. The number of allylic oxidation sites excluding steroid dienone is 1. The first kappa shape index (κ1) is 26.9. The van der Waals surface area contributed by atoms with Gasteiger partial charge in [0.25, 0.3) is 0 Å². The number of carbonyl (C=O) groups is 4. The molecule has 2 fully saturated rings. The smallest absolute Gasteiger partial charge is 0.312 e. The van der Waals surface area contributed by atoms with Crippen LogP contribution in [-0.4, -0.2) is 59.0 Å². The number of carbonyl (C=O) groups excluding carboxylic acids is 4. The standard InChI is InChI=1S/C26H36O9/c1-13-8-10-19(32-16(4)27)25(7)20(33-17(5)28)11-9-14(2)22(25)23(34-18(6)29)26(31)15(3)24(30)35-21(26)12-13/h12,15,19-23,31H,2,8-11H2,1,3-7H3/b13-12-/t15-,19-,20-,21-,22+,23-,25-,26-/m0/s1. The number of aliphatic hydroxyl groups is 1. The summed E-state index contributed by atoms with van der Waals surface area (Å²) >= 11 is 0. The molecule has 9 heteroatoms. The molecule has 1 saturated carbocycles. The summed E-state index contributed by atoms with van der Waals surface area (Å²) in [5.74, 6) is -4.15. The zero-order valence-corrected chi connectivity index (χ0v) is 21.3. The van der Waals surface area contributed by atoms with Gasteiger partial charge in [0.1, 0.15) is 18.3 Å². The van der Waals surface area contributed by atoms with Crippen molar-refractivity contribution in [2.45, 2.75) is 97.2 Å². The van der Waals surface area contributed by atoms with Crippen LogP contribution in [0.5, 0.6) is 0 Å². The molecule has 1 heterocycles. The molecule has 1 N–H and O–H groups in total. The minimum Gasteiger partial charge on any atom is -0.462 e. The lowest BCUT2D eigenvalue weighted by Gasteiger charge is -2.55. The summed E-state index contributed by atoms with van der Waals surface area (Å²) in [5, 5.41) is 12.2. The van der Waals surface area contributed by atoms with Crippen molar-refractivity contribution in [3.05, 3.63) is 23.8 Å². The van der Waals surface area contributed by atoms with Gasteiger partial charge in [0.2, 0.25) is 0 Å². The predicted molar refractivity (Wildman–Crippen MR) is 124 cm³/mol. The lowest BCUT2D eigenvalue weighted by Crippen LogP contribution is -2.65. The maximum Gasteiger partial charge on any atom is 0.312 e. The van der Waals surface area contributed by atoms with Crippen LogP contribution in [0.4, 0.5) is 0 Å². The van der Waals surface area contributed by atoms with E-state index in [-0.39, 0.29) is 0 Å². The summed E-state index contributed by atoms with van der Waals surface area (Å²) in [4.78, 5) is 49.4. The van der Waals surface area contributed by atoms with E-state index in [4.69, 9.17) is 18.9 Å². The number of ether oxygens (including phenoxy) is 4. The Morgan fingerprint density at radius 1 is 1.03 bits per heavy atom. The van der Waals surface area contributed by atoms with Crippen molar-refractivity contribution in [2.24, 2.45) is 17.3 Å². The van der Waals surface area contributed by atoms with E-state index in [0.717, 1.165) is 5.57 Å². The molecule has 0 radical (unpaired) electrons. The Bertz CT molecular complexity index is 952. The van der Waals surface area contributed by atoms with E-state index in [1.807, 2.05) is 6.92 Å². The first-order chi connectivity index (χ1) is 16.2. The van der Waals surface area contributed by atoms with E-state index >= 15 is 0 Å². The fraction of sp³-hybridized carbons (Fsp3) is 0.692. The summed E-state index contributed by atoms with van der Waals surface area (Å²) in [7, 11) is 0. The third-order valence-electron chi connectivity index (χ3n) is 7.88. The molecule has 1 aliphatic heterocycles. The SMILES string of the molecule is C=C1CC[C@H](OC(C)=O)[C@]2(C)[C@@H](OC(C)=O)CC/C(C)=C\[C@@H]3OC(=O)[C@H](C)[C@@]3(O)[C@@H](OC(C)=O)[C@@H]12. The highest BCUT2D eigenvalue weighted by atomic mass is 16.6. The third kappa shape index (κ3) is 4.75. The Morgan fingerprint density at radius 2 is 1.54 bits per heavy atom. The molecule has 9 nitrogen and oxygen atoms in total. The highest BCUT2D eigenvalue weighted by Crippen LogP contribution is 2.56. The second-order valence-electron chi connectivity index (χ2n) is 10.3. The lowest BCUT2D eigenvalue weighted by molar-refractivity contribution is -0.219. The molecule has 3 rings (SSSR count). The van der Waals surface area contributed by atoms with Crippen LogP contribution in [0.25, 0.3) is 0 Å². The molecule has 0 unspecified atom stereocenters. The van der Waals surface area contributed by atoms with E-state index in [1.165, 1.54) is 27.7 Å². The van der Waals surface area contributed by atoms with Gasteiger partial charge < -0.3 is 24.1 Å². The van der Waals surface area contributed by atoms with Crippen molar-refractivity contribution in [2.75, 3.05) is 0 Å². The largest absolute Gasteiger partial charge is 0.462 e. The van der Waals surface area contributed by atoms with Gasteiger partial charge in [0.05, 0.1) is 11.3 Å². The van der Waals surface area contributed by atoms with E-state index in [9.17, 15) is 24.3 Å². The molecule has 3 aliphatic rings. The summed E-state index contributed by atoms with van der Waals surface area (Å²) in [6, 6.07) is 0. The molecule has 2 aliphatic carbocycles. The number of hydrogen-bond donors (Lipinski definition) is 1. The van der Waals surface area contributed by atoms with E-state index in [0.29, 0.717) is 31.3 Å². The molecule has 0 amide bonds. The molecule has 0 aromatic rings. The molecule has 0 aromatic carbocycles. The van der Waals surface area contributed by atoms with Crippen LogP contribution in [-0.2, 0) is 38.1 Å². The van der Waals surface area contributed by atoms with Gasteiger partial charge in [-0.05, 0) is 45.6 Å². The second kappa shape index (κ2) is 9.76. The van der Waals surface area contributed by atoms with Crippen molar-refractivity contribution >= 4 is 23.9 Å². The molecule has 194 valence electrons. The minimum atomic E-state index is -1.94. The van der Waals surface area contributed by atoms with Gasteiger partial charge in [-0.2, -0.15) is 0 Å². The van der Waals surface area contributed by atoms with Crippen molar-refractivity contribution < 1.29 is 43.2 Å². The molecule has 0 bridgehead atoms. The average molecular weight is 493 g/mol. The van der Waals surface area contributed by atoms with Gasteiger partial charge in [-0.3, -0.25) is 19.2 Å². The lowest BCUT2D eigenvalue weighted by atomic mass is 9.55. The Morgan fingerprint density at radius 3 is 2.06 bits per heavy atom. The van der Waals surface area contributed by atoms with Gasteiger partial charge in [0, 0.05) is 26.7 Å². The van der Waals surface area contributed by atoms with Crippen LogP contribution in [0.1, 0.15) is 67.2 Å².